The van der Waals surface area contributed by atoms with Crippen LogP contribution < -0.4 is 19.5 Å². The van der Waals surface area contributed by atoms with Crippen molar-refractivity contribution in [2.75, 3.05) is 26.6 Å². The highest BCUT2D eigenvalue weighted by molar-refractivity contribution is 5.93. The number of carbonyl (C=O) groups is 1. The molecular formula is C22H24N2O5. The highest BCUT2D eigenvalue weighted by Gasteiger charge is 2.18. The van der Waals surface area contributed by atoms with Crippen LogP contribution in [0.2, 0.25) is 0 Å². The van der Waals surface area contributed by atoms with Gasteiger partial charge in [0.05, 0.1) is 27.0 Å². The van der Waals surface area contributed by atoms with E-state index >= 15 is 0 Å². The molecule has 3 rings (SSSR count). The van der Waals surface area contributed by atoms with Crippen LogP contribution in [-0.2, 0) is 4.79 Å². The van der Waals surface area contributed by atoms with Gasteiger partial charge in [0.15, 0.2) is 11.5 Å². The average molecular weight is 396 g/mol. The predicted molar refractivity (Wildman–Crippen MR) is 111 cm³/mol. The Kier molecular flexibility index (Phi) is 6.07. The van der Waals surface area contributed by atoms with Crippen LogP contribution in [0, 0.1) is 6.92 Å². The number of nitrogens with zero attached hydrogens (tertiary/aromatic N) is 1. The lowest BCUT2D eigenvalue weighted by molar-refractivity contribution is -0.115. The molecule has 0 bridgehead atoms. The SMILES string of the molecule is CCC(=O)Nc1cc(-c2conc2-c2cc(C)c(OC)c(OC)c2)ccc1OC. The summed E-state index contributed by atoms with van der Waals surface area (Å²) >= 11 is 0. The monoisotopic (exact) mass is 396 g/mol. The number of nitrogens with one attached hydrogen (secondary N) is 1. The van der Waals surface area contributed by atoms with Crippen LogP contribution in [0.5, 0.6) is 17.2 Å². The summed E-state index contributed by atoms with van der Waals surface area (Å²) in [5.41, 5.74) is 4.62. The first-order valence-electron chi connectivity index (χ1n) is 9.18. The third-order valence-electron chi connectivity index (χ3n) is 4.61. The van der Waals surface area contributed by atoms with E-state index in [1.807, 2.05) is 31.2 Å². The minimum atomic E-state index is -0.0958. The summed E-state index contributed by atoms with van der Waals surface area (Å²) in [6.45, 7) is 3.74. The minimum Gasteiger partial charge on any atom is -0.495 e. The Morgan fingerprint density at radius 3 is 2.45 bits per heavy atom. The number of benzene rings is 2. The van der Waals surface area contributed by atoms with Crippen molar-refractivity contribution in [2.45, 2.75) is 20.3 Å². The number of carbonyl (C=O) groups excluding carboxylic acids is 1. The number of amides is 1. The quantitative estimate of drug-likeness (QED) is 0.624. The molecular weight excluding hydrogens is 372 g/mol. The van der Waals surface area contributed by atoms with Crippen LogP contribution in [0.1, 0.15) is 18.9 Å². The van der Waals surface area contributed by atoms with E-state index in [2.05, 4.69) is 10.5 Å². The summed E-state index contributed by atoms with van der Waals surface area (Å²) in [4.78, 5) is 11.9. The maximum absolute atomic E-state index is 11.9. The lowest BCUT2D eigenvalue weighted by atomic mass is 9.99. The van der Waals surface area contributed by atoms with E-state index in [-0.39, 0.29) is 5.91 Å². The molecule has 0 aliphatic carbocycles. The van der Waals surface area contributed by atoms with E-state index < -0.39 is 0 Å². The molecule has 0 spiro atoms. The van der Waals surface area contributed by atoms with Crippen LogP contribution >= 0.6 is 0 Å². The molecule has 152 valence electrons. The smallest absolute Gasteiger partial charge is 0.224 e. The Hall–Kier alpha value is -3.48. The third-order valence-corrected chi connectivity index (χ3v) is 4.61. The molecule has 0 radical (unpaired) electrons. The van der Waals surface area contributed by atoms with Gasteiger partial charge in [0, 0.05) is 17.5 Å². The van der Waals surface area contributed by atoms with Crippen molar-refractivity contribution < 1.29 is 23.5 Å². The first-order valence-corrected chi connectivity index (χ1v) is 9.18. The van der Waals surface area contributed by atoms with Gasteiger partial charge in [-0.15, -0.1) is 0 Å². The standard InChI is InChI=1S/C22H24N2O5/c1-6-20(25)23-17-10-14(7-8-18(17)26-3)16-12-29-24-21(16)15-9-13(2)22(28-5)19(11-15)27-4/h7-12H,6H2,1-5H3,(H,23,25). The van der Waals surface area contributed by atoms with E-state index in [1.165, 1.54) is 0 Å². The van der Waals surface area contributed by atoms with Crippen LogP contribution in [0.3, 0.4) is 0 Å². The lowest BCUT2D eigenvalue weighted by Gasteiger charge is -2.13. The van der Waals surface area contributed by atoms with E-state index in [9.17, 15) is 4.79 Å². The number of anilines is 1. The van der Waals surface area contributed by atoms with Gasteiger partial charge in [-0.2, -0.15) is 0 Å². The normalized spacial score (nSPS) is 10.5. The molecule has 7 heteroatoms. The number of hydrogen-bond donors (Lipinski definition) is 1. The lowest BCUT2D eigenvalue weighted by Crippen LogP contribution is -2.10. The summed E-state index contributed by atoms with van der Waals surface area (Å²) in [5.74, 6) is 1.77. The minimum absolute atomic E-state index is 0.0958. The summed E-state index contributed by atoms with van der Waals surface area (Å²) in [7, 11) is 4.76. The molecule has 0 aliphatic heterocycles. The van der Waals surface area contributed by atoms with Crippen molar-refractivity contribution in [2.24, 2.45) is 0 Å². The second kappa shape index (κ2) is 8.68. The second-order valence-electron chi connectivity index (χ2n) is 6.42. The number of aryl methyl sites for hydroxylation is 1. The first-order chi connectivity index (χ1) is 14.0. The van der Waals surface area contributed by atoms with Gasteiger partial charge < -0.3 is 24.1 Å². The zero-order valence-corrected chi connectivity index (χ0v) is 17.2. The summed E-state index contributed by atoms with van der Waals surface area (Å²) in [6, 6.07) is 9.36. The zero-order valence-electron chi connectivity index (χ0n) is 17.2. The molecule has 7 nitrogen and oxygen atoms in total. The second-order valence-corrected chi connectivity index (χ2v) is 6.42. The van der Waals surface area contributed by atoms with Crippen molar-refractivity contribution in [3.63, 3.8) is 0 Å². The van der Waals surface area contributed by atoms with Gasteiger partial charge >= 0.3 is 0 Å². The van der Waals surface area contributed by atoms with E-state index in [4.69, 9.17) is 18.7 Å². The number of ether oxygens (including phenoxy) is 3. The van der Waals surface area contributed by atoms with Gasteiger partial charge in [0.1, 0.15) is 17.7 Å². The van der Waals surface area contributed by atoms with Crippen molar-refractivity contribution in [3.8, 4) is 39.6 Å². The highest BCUT2D eigenvalue weighted by atomic mass is 16.5. The number of methoxy groups -OCH3 is 3. The van der Waals surface area contributed by atoms with Crippen LogP contribution in [0.15, 0.2) is 41.1 Å². The van der Waals surface area contributed by atoms with Gasteiger partial charge in [-0.3, -0.25) is 4.79 Å². The first kappa shape index (κ1) is 20.3. The summed E-state index contributed by atoms with van der Waals surface area (Å²) < 4.78 is 21.5. The third kappa shape index (κ3) is 4.03. The fourth-order valence-corrected chi connectivity index (χ4v) is 3.15. The molecule has 0 atom stereocenters. The largest absolute Gasteiger partial charge is 0.495 e. The molecule has 1 aromatic heterocycles. The maximum atomic E-state index is 11.9. The Labute approximate surface area is 169 Å². The summed E-state index contributed by atoms with van der Waals surface area (Å²) in [5, 5.41) is 7.06. The average Bonchev–Trinajstić information content (AvgIpc) is 3.22. The molecule has 2 aromatic carbocycles. The predicted octanol–water partition coefficient (Wildman–Crippen LogP) is 4.69. The molecule has 0 saturated carbocycles. The molecule has 1 amide bonds. The van der Waals surface area contributed by atoms with Crippen LogP contribution in [-0.4, -0.2) is 32.4 Å². The molecule has 3 aromatic rings. The number of rotatable bonds is 7. The van der Waals surface area contributed by atoms with Crippen molar-refractivity contribution in [1.29, 1.82) is 0 Å². The van der Waals surface area contributed by atoms with Gasteiger partial charge in [0.25, 0.3) is 0 Å². The topological polar surface area (TPSA) is 82.8 Å². The van der Waals surface area contributed by atoms with Gasteiger partial charge in [-0.25, -0.2) is 0 Å². The van der Waals surface area contributed by atoms with Crippen molar-refractivity contribution in [3.05, 3.63) is 42.2 Å². The molecule has 0 saturated heterocycles. The number of aromatic nitrogens is 1. The molecule has 0 aliphatic rings. The van der Waals surface area contributed by atoms with Gasteiger partial charge in [-0.05, 0) is 42.3 Å². The van der Waals surface area contributed by atoms with E-state index in [1.54, 1.807) is 40.6 Å². The molecule has 0 fully saturated rings. The maximum Gasteiger partial charge on any atom is 0.224 e. The Morgan fingerprint density at radius 2 is 1.79 bits per heavy atom. The fourth-order valence-electron chi connectivity index (χ4n) is 3.15. The number of hydrogen-bond acceptors (Lipinski definition) is 6. The molecule has 0 unspecified atom stereocenters. The van der Waals surface area contributed by atoms with Crippen LogP contribution in [0.25, 0.3) is 22.4 Å². The summed E-state index contributed by atoms with van der Waals surface area (Å²) in [6.07, 6.45) is 1.95. The Balaban J connectivity index is 2.08. The zero-order chi connectivity index (χ0) is 21.0. The van der Waals surface area contributed by atoms with E-state index in [0.717, 1.165) is 22.3 Å². The van der Waals surface area contributed by atoms with Crippen molar-refractivity contribution in [1.82, 2.24) is 5.16 Å². The van der Waals surface area contributed by atoms with E-state index in [0.29, 0.717) is 35.1 Å². The van der Waals surface area contributed by atoms with Crippen LogP contribution in [0.4, 0.5) is 5.69 Å². The van der Waals surface area contributed by atoms with Gasteiger partial charge in [0.2, 0.25) is 5.91 Å². The molecule has 1 heterocycles. The Bertz CT molecular complexity index is 1030. The van der Waals surface area contributed by atoms with Gasteiger partial charge in [-0.1, -0.05) is 18.1 Å². The highest BCUT2D eigenvalue weighted by Crippen LogP contribution is 2.40. The molecule has 1 N–H and O–H groups in total. The fraction of sp³-hybridized carbons (Fsp3) is 0.273. The molecule has 29 heavy (non-hydrogen) atoms. The Morgan fingerprint density at radius 1 is 1.03 bits per heavy atom. The van der Waals surface area contributed by atoms with Crippen molar-refractivity contribution >= 4 is 11.6 Å².